The van der Waals surface area contributed by atoms with Gasteiger partial charge in [-0.15, -0.1) is 0 Å². The molecule has 0 aliphatic carbocycles. The van der Waals surface area contributed by atoms with Crippen LogP contribution in [-0.4, -0.2) is 7.11 Å². The molecule has 0 aliphatic rings. The van der Waals surface area contributed by atoms with Gasteiger partial charge in [0, 0.05) is 11.4 Å². The van der Waals surface area contributed by atoms with Gasteiger partial charge in [0.2, 0.25) is 0 Å². The Morgan fingerprint density at radius 1 is 0.667 bits per heavy atom. The van der Waals surface area contributed by atoms with Crippen LogP contribution in [0.25, 0.3) is 0 Å². The monoisotopic (exact) mass is 320 g/mol. The molecule has 122 valence electrons. The summed E-state index contributed by atoms with van der Waals surface area (Å²) >= 11 is 0. The number of anilines is 2. The van der Waals surface area contributed by atoms with Crippen LogP contribution in [0.3, 0.4) is 0 Å². The van der Waals surface area contributed by atoms with Gasteiger partial charge >= 0.3 is 0 Å². The molecule has 3 aromatic carbocycles. The largest absolute Gasteiger partial charge is 0.754 e. The van der Waals surface area contributed by atoms with Crippen molar-refractivity contribution >= 4 is 11.4 Å². The van der Waals surface area contributed by atoms with E-state index in [-0.39, 0.29) is 0 Å². The van der Waals surface area contributed by atoms with E-state index in [9.17, 15) is 5.21 Å². The molecule has 0 aromatic heterocycles. The van der Waals surface area contributed by atoms with Gasteiger partial charge in [0.25, 0.3) is 0 Å². The average molecular weight is 320 g/mol. The van der Waals surface area contributed by atoms with Crippen LogP contribution >= 0.6 is 0 Å². The topological polar surface area (TPSA) is 44.8 Å². The Kier molecular flexibility index (Phi) is 4.68. The van der Waals surface area contributed by atoms with Crippen LogP contribution in [0, 0.1) is 12.1 Å². The van der Waals surface area contributed by atoms with E-state index >= 15 is 0 Å². The molecule has 0 amide bonds. The number of benzene rings is 3. The number of methoxy groups -OCH3 is 1. The van der Waals surface area contributed by atoms with E-state index < -0.39 is 0 Å². The smallest absolute Gasteiger partial charge is 0.127 e. The first-order valence-electron chi connectivity index (χ1n) is 7.61. The molecule has 4 nitrogen and oxygen atoms in total. The van der Waals surface area contributed by atoms with Crippen LogP contribution < -0.4 is 14.5 Å². The Hall–Kier alpha value is -2.98. The lowest BCUT2D eigenvalue weighted by molar-refractivity contribution is 0.413. The van der Waals surface area contributed by atoms with E-state index in [0.717, 1.165) is 16.4 Å². The maximum atomic E-state index is 12.4. The highest BCUT2D eigenvalue weighted by molar-refractivity contribution is 5.65. The van der Waals surface area contributed by atoms with Crippen LogP contribution in [0.2, 0.25) is 0 Å². The van der Waals surface area contributed by atoms with Gasteiger partial charge in [-0.3, -0.25) is 0 Å². The van der Waals surface area contributed by atoms with Crippen molar-refractivity contribution in [1.29, 1.82) is 0 Å². The van der Waals surface area contributed by atoms with Gasteiger partial charge in [-0.1, -0.05) is 17.7 Å². The van der Waals surface area contributed by atoms with Gasteiger partial charge in [0.15, 0.2) is 0 Å². The van der Waals surface area contributed by atoms with Crippen molar-refractivity contribution in [3.63, 3.8) is 0 Å². The summed E-state index contributed by atoms with van der Waals surface area (Å²) in [5.41, 5.74) is 2.28. The van der Waals surface area contributed by atoms with Crippen molar-refractivity contribution in [2.24, 2.45) is 0 Å². The molecule has 0 fully saturated rings. The number of aryl methyl sites for hydroxylation is 1. The molecule has 0 N–H and O–H groups in total. The first kappa shape index (κ1) is 15.9. The maximum Gasteiger partial charge on any atom is 0.127 e. The molecule has 0 spiro atoms. The van der Waals surface area contributed by atoms with Crippen LogP contribution in [0.1, 0.15) is 5.56 Å². The van der Waals surface area contributed by atoms with Gasteiger partial charge < -0.3 is 19.7 Å². The number of rotatable bonds is 5. The molecular weight excluding hydrogens is 302 g/mol. The van der Waals surface area contributed by atoms with Gasteiger partial charge in [0.05, 0.1) is 7.11 Å². The van der Waals surface area contributed by atoms with Crippen LogP contribution in [0.5, 0.6) is 17.2 Å². The highest BCUT2D eigenvalue weighted by Gasteiger charge is 2.02. The second-order valence-corrected chi connectivity index (χ2v) is 5.40. The van der Waals surface area contributed by atoms with E-state index in [4.69, 9.17) is 9.47 Å². The van der Waals surface area contributed by atoms with E-state index in [1.165, 1.54) is 0 Å². The number of hydrogen-bond donors (Lipinski definition) is 0. The third-order valence-corrected chi connectivity index (χ3v) is 3.63. The number of hydrogen-bond acceptors (Lipinski definition) is 4. The quantitative estimate of drug-likeness (QED) is 0.588. The molecule has 3 aromatic rings. The first-order valence-corrected chi connectivity index (χ1v) is 7.61. The molecule has 0 saturated carbocycles. The molecule has 4 heteroatoms. The summed E-state index contributed by atoms with van der Waals surface area (Å²) in [5, 5.41) is 13.3. The minimum atomic E-state index is 0.556. The van der Waals surface area contributed by atoms with E-state index in [1.54, 1.807) is 31.4 Å². The van der Waals surface area contributed by atoms with Gasteiger partial charge in [-0.2, -0.15) is 0 Å². The Morgan fingerprint density at radius 2 is 1.08 bits per heavy atom. The van der Waals surface area contributed by atoms with E-state index in [2.05, 4.69) is 0 Å². The van der Waals surface area contributed by atoms with Gasteiger partial charge in [-0.05, 0) is 67.6 Å². The van der Waals surface area contributed by atoms with Crippen molar-refractivity contribution in [1.82, 2.24) is 0 Å². The minimum Gasteiger partial charge on any atom is -0.754 e. The summed E-state index contributed by atoms with van der Waals surface area (Å²) in [6.45, 7) is 1.99. The van der Waals surface area contributed by atoms with Crippen LogP contribution in [0.15, 0.2) is 72.8 Å². The van der Waals surface area contributed by atoms with Crippen molar-refractivity contribution in [2.75, 3.05) is 12.2 Å². The molecule has 3 rings (SSSR count). The van der Waals surface area contributed by atoms with Crippen LogP contribution in [0.4, 0.5) is 11.4 Å². The highest BCUT2D eigenvalue weighted by Crippen LogP contribution is 2.29. The molecule has 0 aliphatic heterocycles. The molecule has 0 unspecified atom stereocenters. The molecular formula is C20H18NO3-. The van der Waals surface area contributed by atoms with E-state index in [0.29, 0.717) is 22.9 Å². The zero-order valence-electron chi connectivity index (χ0n) is 13.6. The predicted octanol–water partition coefficient (Wildman–Crippen LogP) is 5.43. The first-order chi connectivity index (χ1) is 11.7. The summed E-state index contributed by atoms with van der Waals surface area (Å²) in [6.07, 6.45) is 0. The van der Waals surface area contributed by atoms with Crippen molar-refractivity contribution in [3.05, 3.63) is 83.6 Å². The molecule has 0 bridgehead atoms. The van der Waals surface area contributed by atoms with Crippen molar-refractivity contribution in [2.45, 2.75) is 6.92 Å². The summed E-state index contributed by atoms with van der Waals surface area (Å²) in [6, 6.07) is 21.8. The normalized spacial score (nSPS) is 10.3. The summed E-state index contributed by atoms with van der Waals surface area (Å²) in [5.74, 6) is 2.15. The Bertz CT molecular complexity index is 781. The minimum absolute atomic E-state index is 0.556. The fourth-order valence-corrected chi connectivity index (χ4v) is 2.26. The third-order valence-electron chi connectivity index (χ3n) is 3.63. The predicted molar refractivity (Wildman–Crippen MR) is 96.2 cm³/mol. The van der Waals surface area contributed by atoms with Crippen molar-refractivity contribution in [3.8, 4) is 17.2 Å². The second-order valence-electron chi connectivity index (χ2n) is 5.40. The molecule has 0 radical (unpaired) electrons. The maximum absolute atomic E-state index is 12.4. The highest BCUT2D eigenvalue weighted by atomic mass is 16.5. The standard InChI is InChI=1S/C20H18NO3/c1-15-3-5-16(6-4-15)21(22)17-7-9-19(10-8-17)24-20-13-11-18(23-2)12-14-20/h3-14H,1-2H3/q-1. The van der Waals surface area contributed by atoms with Crippen LogP contribution in [-0.2, 0) is 0 Å². The number of nitrogens with zero attached hydrogens (tertiary/aromatic N) is 1. The summed E-state index contributed by atoms with van der Waals surface area (Å²) < 4.78 is 10.9. The Labute approximate surface area is 141 Å². The zero-order valence-corrected chi connectivity index (χ0v) is 13.6. The average Bonchev–Trinajstić information content (AvgIpc) is 2.63. The van der Waals surface area contributed by atoms with Gasteiger partial charge in [-0.25, -0.2) is 0 Å². The third kappa shape index (κ3) is 3.67. The lowest BCUT2D eigenvalue weighted by atomic mass is 10.2. The molecule has 0 heterocycles. The van der Waals surface area contributed by atoms with Gasteiger partial charge in [0.1, 0.15) is 17.2 Å². The molecule has 0 atom stereocenters. The lowest BCUT2D eigenvalue weighted by Crippen LogP contribution is -2.06. The fraction of sp³-hybridized carbons (Fsp3) is 0.100. The summed E-state index contributed by atoms with van der Waals surface area (Å²) in [4.78, 5) is 0. The Morgan fingerprint density at radius 3 is 1.58 bits per heavy atom. The fourth-order valence-electron chi connectivity index (χ4n) is 2.26. The molecule has 24 heavy (non-hydrogen) atoms. The molecule has 0 saturated heterocycles. The zero-order chi connectivity index (χ0) is 16.9. The van der Waals surface area contributed by atoms with E-state index in [1.807, 2.05) is 55.5 Å². The van der Waals surface area contributed by atoms with Crippen molar-refractivity contribution < 1.29 is 9.47 Å². The lowest BCUT2D eigenvalue weighted by Gasteiger charge is -2.31. The second kappa shape index (κ2) is 7.06. The number of ether oxygens (including phenoxy) is 2. The summed E-state index contributed by atoms with van der Waals surface area (Å²) in [7, 11) is 1.62. The Balaban J connectivity index is 1.71. The SMILES string of the molecule is COc1ccc(Oc2ccc(N([O-])c3ccc(C)cc3)cc2)cc1.